The van der Waals surface area contributed by atoms with Crippen molar-refractivity contribution in [2.75, 3.05) is 10.5 Å². The molecule has 0 aliphatic heterocycles. The van der Waals surface area contributed by atoms with Gasteiger partial charge in [-0.05, 0) is 37.3 Å². The topological polar surface area (TPSA) is 72.2 Å². The van der Waals surface area contributed by atoms with Crippen LogP contribution in [0.15, 0.2) is 41.3 Å². The molecule has 0 saturated carbocycles. The van der Waals surface area contributed by atoms with Crippen molar-refractivity contribution in [3.63, 3.8) is 0 Å². The van der Waals surface area contributed by atoms with Gasteiger partial charge in [0.05, 0.1) is 5.69 Å². The van der Waals surface area contributed by atoms with Crippen molar-refractivity contribution in [1.29, 1.82) is 0 Å². The minimum atomic E-state index is -4.18. The van der Waals surface area contributed by atoms with Crippen molar-refractivity contribution in [3.8, 4) is 0 Å². The van der Waals surface area contributed by atoms with Crippen molar-refractivity contribution < 1.29 is 17.2 Å². The van der Waals surface area contributed by atoms with Gasteiger partial charge < -0.3 is 5.73 Å². The quantitative estimate of drug-likeness (QED) is 0.856. The summed E-state index contributed by atoms with van der Waals surface area (Å²) in [7, 11) is -4.18. The summed E-state index contributed by atoms with van der Waals surface area (Å²) >= 11 is 0. The summed E-state index contributed by atoms with van der Waals surface area (Å²) < 4.78 is 53.3. The van der Waals surface area contributed by atoms with Gasteiger partial charge in [-0.3, -0.25) is 4.72 Å². The average molecular weight is 298 g/mol. The molecule has 0 unspecified atom stereocenters. The lowest BCUT2D eigenvalue weighted by molar-refractivity contribution is 0.570. The Hall–Kier alpha value is -2.15. The molecule has 0 heterocycles. The number of rotatable bonds is 3. The summed E-state index contributed by atoms with van der Waals surface area (Å²) in [5.74, 6) is -1.49. The third-order valence-corrected chi connectivity index (χ3v) is 4.14. The van der Waals surface area contributed by atoms with Gasteiger partial charge >= 0.3 is 0 Å². The first kappa shape index (κ1) is 14.3. The lowest BCUT2D eigenvalue weighted by Crippen LogP contribution is -2.16. The van der Waals surface area contributed by atoms with E-state index < -0.39 is 26.6 Å². The van der Waals surface area contributed by atoms with Crippen LogP contribution in [0.3, 0.4) is 0 Å². The van der Waals surface area contributed by atoms with Crippen LogP contribution in [0.25, 0.3) is 0 Å². The highest BCUT2D eigenvalue weighted by molar-refractivity contribution is 7.92. The largest absolute Gasteiger partial charge is 0.399 e. The number of nitrogen functional groups attached to an aromatic ring is 1. The van der Waals surface area contributed by atoms with Crippen LogP contribution in [-0.4, -0.2) is 8.42 Å². The molecule has 0 fully saturated rings. The van der Waals surface area contributed by atoms with Crippen LogP contribution in [-0.2, 0) is 10.0 Å². The van der Waals surface area contributed by atoms with Gasteiger partial charge in [0.15, 0.2) is 0 Å². The lowest BCUT2D eigenvalue weighted by atomic mass is 10.2. The summed E-state index contributed by atoms with van der Waals surface area (Å²) in [5, 5.41) is 0. The predicted molar refractivity (Wildman–Crippen MR) is 72.8 cm³/mol. The molecular formula is C13H12F2N2O2S. The van der Waals surface area contributed by atoms with E-state index in [2.05, 4.69) is 4.72 Å². The van der Waals surface area contributed by atoms with E-state index in [1.165, 1.54) is 31.2 Å². The van der Waals surface area contributed by atoms with E-state index in [-0.39, 0.29) is 16.9 Å². The van der Waals surface area contributed by atoms with E-state index in [1.54, 1.807) is 0 Å². The molecule has 20 heavy (non-hydrogen) atoms. The van der Waals surface area contributed by atoms with Gasteiger partial charge in [0, 0.05) is 11.3 Å². The number of benzene rings is 2. The molecule has 0 saturated heterocycles. The fraction of sp³-hybridized carbons (Fsp3) is 0.0769. The second kappa shape index (κ2) is 5.09. The van der Waals surface area contributed by atoms with Crippen molar-refractivity contribution >= 4 is 21.4 Å². The lowest BCUT2D eigenvalue weighted by Gasteiger charge is -2.11. The molecule has 2 aromatic rings. The molecule has 0 spiro atoms. The first-order chi connectivity index (χ1) is 9.31. The molecule has 0 aliphatic rings. The number of sulfonamides is 1. The Balaban J connectivity index is 2.46. The number of nitrogens with one attached hydrogen (secondary N) is 1. The van der Waals surface area contributed by atoms with Crippen LogP contribution in [0.4, 0.5) is 20.2 Å². The second-order valence-electron chi connectivity index (χ2n) is 4.21. The number of halogens is 2. The standard InChI is InChI=1S/C13H12F2N2O2S/c1-8-10(14)3-2-4-12(8)17-20(18,19)13-7-9(16)5-6-11(13)15/h2-7,17H,16H2,1H3. The van der Waals surface area contributed by atoms with E-state index in [4.69, 9.17) is 5.73 Å². The Kier molecular flexibility index (Phi) is 3.63. The molecule has 0 aromatic heterocycles. The highest BCUT2D eigenvalue weighted by Gasteiger charge is 2.20. The minimum absolute atomic E-state index is 0.0480. The third-order valence-electron chi connectivity index (χ3n) is 2.76. The van der Waals surface area contributed by atoms with Crippen LogP contribution in [0.1, 0.15) is 5.56 Å². The van der Waals surface area contributed by atoms with Crippen LogP contribution in [0.5, 0.6) is 0 Å². The van der Waals surface area contributed by atoms with Gasteiger partial charge in [-0.2, -0.15) is 0 Å². The highest BCUT2D eigenvalue weighted by atomic mass is 32.2. The molecule has 2 aromatic carbocycles. The maximum Gasteiger partial charge on any atom is 0.264 e. The van der Waals surface area contributed by atoms with Crippen LogP contribution in [0, 0.1) is 18.6 Å². The van der Waals surface area contributed by atoms with Gasteiger partial charge in [0.1, 0.15) is 16.5 Å². The predicted octanol–water partition coefficient (Wildman–Crippen LogP) is 2.66. The Morgan fingerprint density at radius 1 is 1.10 bits per heavy atom. The first-order valence-corrected chi connectivity index (χ1v) is 7.12. The Bertz CT molecular complexity index is 761. The highest BCUT2D eigenvalue weighted by Crippen LogP contribution is 2.24. The monoisotopic (exact) mass is 298 g/mol. The molecule has 4 nitrogen and oxygen atoms in total. The zero-order valence-electron chi connectivity index (χ0n) is 10.5. The number of anilines is 2. The SMILES string of the molecule is Cc1c(F)cccc1NS(=O)(=O)c1cc(N)ccc1F. The fourth-order valence-corrected chi connectivity index (χ4v) is 2.88. The van der Waals surface area contributed by atoms with Gasteiger partial charge in [0.25, 0.3) is 10.0 Å². The van der Waals surface area contributed by atoms with Crippen molar-refractivity contribution in [2.45, 2.75) is 11.8 Å². The van der Waals surface area contributed by atoms with Crippen molar-refractivity contribution in [3.05, 3.63) is 53.6 Å². The Labute approximate surface area is 115 Å². The minimum Gasteiger partial charge on any atom is -0.399 e. The molecule has 3 N–H and O–H groups in total. The normalized spacial score (nSPS) is 11.3. The summed E-state index contributed by atoms with van der Waals surface area (Å²) in [4.78, 5) is -0.582. The summed E-state index contributed by atoms with van der Waals surface area (Å²) in [6.07, 6.45) is 0. The van der Waals surface area contributed by atoms with E-state index >= 15 is 0 Å². The Morgan fingerprint density at radius 3 is 2.50 bits per heavy atom. The van der Waals surface area contributed by atoms with Crippen molar-refractivity contribution in [2.24, 2.45) is 0 Å². The van der Waals surface area contributed by atoms with Gasteiger partial charge in [-0.1, -0.05) is 6.07 Å². The Morgan fingerprint density at radius 2 is 1.80 bits per heavy atom. The second-order valence-corrected chi connectivity index (χ2v) is 5.86. The summed E-state index contributed by atoms with van der Waals surface area (Å²) in [6.45, 7) is 1.42. The molecule has 7 heteroatoms. The molecule has 0 bridgehead atoms. The van der Waals surface area contributed by atoms with Gasteiger partial charge in [0.2, 0.25) is 0 Å². The maximum atomic E-state index is 13.6. The van der Waals surface area contributed by atoms with Gasteiger partial charge in [-0.15, -0.1) is 0 Å². The number of nitrogens with two attached hydrogens (primary N) is 1. The first-order valence-electron chi connectivity index (χ1n) is 5.64. The van der Waals surface area contributed by atoms with Crippen molar-refractivity contribution in [1.82, 2.24) is 0 Å². The molecule has 0 radical (unpaired) electrons. The average Bonchev–Trinajstić information content (AvgIpc) is 2.37. The molecule has 0 amide bonds. The van der Waals surface area contributed by atoms with E-state index in [1.807, 2.05) is 0 Å². The summed E-state index contributed by atoms with van der Waals surface area (Å²) in [6, 6.07) is 7.17. The van der Waals surface area contributed by atoms with Crippen LogP contribution >= 0.6 is 0 Å². The summed E-state index contributed by atoms with van der Waals surface area (Å²) in [5.41, 5.74) is 5.74. The zero-order chi connectivity index (χ0) is 14.9. The molecule has 106 valence electrons. The van der Waals surface area contributed by atoms with Crippen LogP contribution in [0.2, 0.25) is 0 Å². The third kappa shape index (κ3) is 2.72. The fourth-order valence-electron chi connectivity index (χ4n) is 1.64. The van der Waals surface area contributed by atoms with Crippen LogP contribution < -0.4 is 10.5 Å². The zero-order valence-corrected chi connectivity index (χ0v) is 11.3. The molecule has 2 rings (SSSR count). The number of hydrogen-bond acceptors (Lipinski definition) is 3. The van der Waals surface area contributed by atoms with E-state index in [0.29, 0.717) is 0 Å². The number of hydrogen-bond donors (Lipinski definition) is 2. The molecular weight excluding hydrogens is 286 g/mol. The molecule has 0 aliphatic carbocycles. The maximum absolute atomic E-state index is 13.6. The van der Waals surface area contributed by atoms with Gasteiger partial charge in [-0.25, -0.2) is 17.2 Å². The molecule has 0 atom stereocenters. The smallest absolute Gasteiger partial charge is 0.264 e. The van der Waals surface area contributed by atoms with E-state index in [0.717, 1.165) is 12.1 Å². The van der Waals surface area contributed by atoms with E-state index in [9.17, 15) is 17.2 Å².